The van der Waals surface area contributed by atoms with E-state index in [0.29, 0.717) is 11.7 Å². The van der Waals surface area contributed by atoms with Crippen molar-refractivity contribution in [3.8, 4) is 45.1 Å². The summed E-state index contributed by atoms with van der Waals surface area (Å²) < 4.78 is 5.66. The molecule has 0 bridgehead atoms. The lowest BCUT2D eigenvalue weighted by Gasteiger charge is -2.26. The van der Waals surface area contributed by atoms with Crippen LogP contribution in [0.5, 0.6) is 0 Å². The van der Waals surface area contributed by atoms with Crippen LogP contribution in [0.1, 0.15) is 0 Å². The van der Waals surface area contributed by atoms with Crippen molar-refractivity contribution < 1.29 is 4.52 Å². The van der Waals surface area contributed by atoms with E-state index in [2.05, 4.69) is 161 Å². The minimum atomic E-state index is 0.487. The number of anilines is 3. The molecule has 1 heterocycles. The monoisotopic (exact) mass is 641 g/mol. The molecule has 50 heavy (non-hydrogen) atoms. The zero-order valence-corrected chi connectivity index (χ0v) is 27.1. The van der Waals surface area contributed by atoms with Gasteiger partial charge in [-0.05, 0) is 104 Å². The normalized spacial score (nSPS) is 11.2. The summed E-state index contributed by atoms with van der Waals surface area (Å²) in [6.07, 6.45) is 0. The summed E-state index contributed by atoms with van der Waals surface area (Å²) >= 11 is 0. The van der Waals surface area contributed by atoms with Gasteiger partial charge in [0.1, 0.15) is 0 Å². The molecule has 0 fully saturated rings. The Bertz CT molecular complexity index is 2450. The Hall–Kier alpha value is -6.78. The minimum absolute atomic E-state index is 0.487. The average Bonchev–Trinajstić information content (AvgIpc) is 3.70. The van der Waals surface area contributed by atoms with Gasteiger partial charge in [-0.25, -0.2) is 0 Å². The Morgan fingerprint density at radius 1 is 0.340 bits per heavy atom. The van der Waals surface area contributed by atoms with Crippen molar-refractivity contribution in [2.45, 2.75) is 0 Å². The van der Waals surface area contributed by atoms with Crippen LogP contribution in [0.15, 0.2) is 193 Å². The van der Waals surface area contributed by atoms with Gasteiger partial charge in [0, 0.05) is 28.2 Å². The molecule has 9 aromatic rings. The van der Waals surface area contributed by atoms with Crippen LogP contribution in [0, 0.1) is 0 Å². The van der Waals surface area contributed by atoms with Gasteiger partial charge in [-0.1, -0.05) is 133 Å². The van der Waals surface area contributed by atoms with Crippen molar-refractivity contribution in [1.29, 1.82) is 0 Å². The Kier molecular flexibility index (Phi) is 7.45. The number of hydrogen-bond acceptors (Lipinski definition) is 4. The van der Waals surface area contributed by atoms with E-state index in [0.717, 1.165) is 28.2 Å². The van der Waals surface area contributed by atoms with E-state index in [1.807, 2.05) is 42.5 Å². The molecule has 0 aliphatic carbocycles. The molecule has 0 aliphatic heterocycles. The second kappa shape index (κ2) is 12.7. The fourth-order valence-corrected chi connectivity index (χ4v) is 6.59. The predicted octanol–water partition coefficient (Wildman–Crippen LogP) is 12.5. The van der Waals surface area contributed by atoms with Crippen LogP contribution in [0.25, 0.3) is 66.6 Å². The second-order valence-electron chi connectivity index (χ2n) is 12.4. The Balaban J connectivity index is 1.07. The lowest BCUT2D eigenvalue weighted by Crippen LogP contribution is -2.09. The quantitative estimate of drug-likeness (QED) is 0.174. The summed E-state index contributed by atoms with van der Waals surface area (Å²) in [4.78, 5) is 6.94. The first-order chi connectivity index (χ1) is 24.7. The molecule has 0 aliphatic rings. The second-order valence-corrected chi connectivity index (χ2v) is 12.4. The number of fused-ring (bicyclic) bond motifs is 2. The SMILES string of the molecule is c1ccc(-c2noc(-c3ccc(N(c4ccc(-c5ccc6ccccc6c5)cc4)c4ccc(-c5ccc6ccccc6c5)cc4)cc3)n2)cc1. The molecule has 4 nitrogen and oxygen atoms in total. The molecule has 1 aromatic heterocycles. The number of hydrogen-bond donors (Lipinski definition) is 0. The molecule has 4 heteroatoms. The van der Waals surface area contributed by atoms with E-state index in [1.54, 1.807) is 0 Å². The molecule has 0 saturated carbocycles. The van der Waals surface area contributed by atoms with Crippen molar-refractivity contribution in [2.75, 3.05) is 4.90 Å². The molecule has 0 spiro atoms. The lowest BCUT2D eigenvalue weighted by atomic mass is 10.00. The predicted molar refractivity (Wildman–Crippen MR) is 206 cm³/mol. The molecule has 9 rings (SSSR count). The van der Waals surface area contributed by atoms with Crippen molar-refractivity contribution in [3.05, 3.63) is 188 Å². The van der Waals surface area contributed by atoms with Crippen LogP contribution in [0.3, 0.4) is 0 Å². The highest BCUT2D eigenvalue weighted by atomic mass is 16.5. The number of aromatic nitrogens is 2. The van der Waals surface area contributed by atoms with Gasteiger partial charge in [-0.2, -0.15) is 4.98 Å². The van der Waals surface area contributed by atoms with Crippen LogP contribution in [0.2, 0.25) is 0 Å². The van der Waals surface area contributed by atoms with Crippen LogP contribution in [-0.2, 0) is 0 Å². The van der Waals surface area contributed by atoms with Crippen LogP contribution in [0.4, 0.5) is 17.1 Å². The molecule has 0 atom stereocenters. The van der Waals surface area contributed by atoms with Gasteiger partial charge in [0.25, 0.3) is 5.89 Å². The van der Waals surface area contributed by atoms with E-state index in [-0.39, 0.29) is 0 Å². The fourth-order valence-electron chi connectivity index (χ4n) is 6.59. The summed E-state index contributed by atoms with van der Waals surface area (Å²) in [5.41, 5.74) is 9.66. The van der Waals surface area contributed by atoms with Crippen LogP contribution in [-0.4, -0.2) is 10.1 Å². The lowest BCUT2D eigenvalue weighted by molar-refractivity contribution is 0.432. The van der Waals surface area contributed by atoms with Gasteiger partial charge in [0.2, 0.25) is 5.82 Å². The van der Waals surface area contributed by atoms with Gasteiger partial charge in [0.15, 0.2) is 0 Å². The molecule has 0 unspecified atom stereocenters. The highest BCUT2D eigenvalue weighted by Gasteiger charge is 2.16. The molecule has 0 saturated heterocycles. The van der Waals surface area contributed by atoms with Crippen LogP contribution < -0.4 is 4.90 Å². The van der Waals surface area contributed by atoms with Crippen LogP contribution >= 0.6 is 0 Å². The minimum Gasteiger partial charge on any atom is -0.334 e. The topological polar surface area (TPSA) is 42.2 Å². The summed E-state index contributed by atoms with van der Waals surface area (Å²) in [6.45, 7) is 0. The third-order valence-corrected chi connectivity index (χ3v) is 9.25. The standard InChI is InChI=1S/C46H31N3O/c1-2-10-36(11-3-1)45-47-46(50-48-45)37-22-28-44(29-23-37)49(42-24-18-34(19-25-42)40-16-14-32-8-4-6-12-38(32)30-40)43-26-20-35(21-27-43)41-17-15-33-9-5-7-13-39(33)31-41/h1-31H. The first-order valence-corrected chi connectivity index (χ1v) is 16.7. The molecule has 8 aromatic carbocycles. The summed E-state index contributed by atoms with van der Waals surface area (Å²) in [6, 6.07) is 66.0. The summed E-state index contributed by atoms with van der Waals surface area (Å²) in [5, 5.41) is 9.17. The number of rotatable bonds is 7. The molecule has 236 valence electrons. The van der Waals surface area contributed by atoms with Gasteiger partial charge in [-0.3, -0.25) is 0 Å². The first-order valence-electron chi connectivity index (χ1n) is 16.7. The average molecular weight is 642 g/mol. The molecular weight excluding hydrogens is 611 g/mol. The zero-order chi connectivity index (χ0) is 33.3. The maximum atomic E-state index is 5.66. The van der Waals surface area contributed by atoms with Gasteiger partial charge in [0.05, 0.1) is 0 Å². The smallest absolute Gasteiger partial charge is 0.258 e. The molecule has 0 radical (unpaired) electrons. The summed E-state index contributed by atoms with van der Waals surface area (Å²) in [5.74, 6) is 1.06. The summed E-state index contributed by atoms with van der Waals surface area (Å²) in [7, 11) is 0. The molecule has 0 amide bonds. The van der Waals surface area contributed by atoms with E-state index in [9.17, 15) is 0 Å². The van der Waals surface area contributed by atoms with Gasteiger partial charge in [-0.15, -0.1) is 0 Å². The fraction of sp³-hybridized carbons (Fsp3) is 0. The highest BCUT2D eigenvalue weighted by molar-refractivity contribution is 5.89. The zero-order valence-electron chi connectivity index (χ0n) is 27.1. The number of nitrogens with zero attached hydrogens (tertiary/aromatic N) is 3. The van der Waals surface area contributed by atoms with Crippen molar-refractivity contribution in [1.82, 2.24) is 10.1 Å². The maximum Gasteiger partial charge on any atom is 0.258 e. The van der Waals surface area contributed by atoms with Gasteiger partial charge >= 0.3 is 0 Å². The van der Waals surface area contributed by atoms with Crippen molar-refractivity contribution in [2.24, 2.45) is 0 Å². The first kappa shape index (κ1) is 29.4. The molecular formula is C46H31N3O. The Morgan fingerprint density at radius 2 is 0.760 bits per heavy atom. The third-order valence-electron chi connectivity index (χ3n) is 9.25. The Morgan fingerprint density at radius 3 is 1.26 bits per heavy atom. The third kappa shape index (κ3) is 5.69. The van der Waals surface area contributed by atoms with Crippen molar-refractivity contribution in [3.63, 3.8) is 0 Å². The van der Waals surface area contributed by atoms with E-state index >= 15 is 0 Å². The van der Waals surface area contributed by atoms with Crippen molar-refractivity contribution >= 4 is 38.6 Å². The van der Waals surface area contributed by atoms with E-state index in [1.165, 1.54) is 43.8 Å². The largest absolute Gasteiger partial charge is 0.334 e. The maximum absolute atomic E-state index is 5.66. The highest BCUT2D eigenvalue weighted by Crippen LogP contribution is 2.38. The Labute approximate surface area is 290 Å². The molecule has 0 N–H and O–H groups in total. The van der Waals surface area contributed by atoms with E-state index < -0.39 is 0 Å². The van der Waals surface area contributed by atoms with E-state index in [4.69, 9.17) is 4.52 Å². The van der Waals surface area contributed by atoms with Gasteiger partial charge < -0.3 is 9.42 Å². The number of benzene rings is 8.